The van der Waals surface area contributed by atoms with Crippen LogP contribution in [0.25, 0.3) is 0 Å². The van der Waals surface area contributed by atoms with Crippen LogP contribution in [0.4, 0.5) is 0 Å². The van der Waals surface area contributed by atoms with Gasteiger partial charge in [0.25, 0.3) is 0 Å². The first kappa shape index (κ1) is 35.1. The number of phenols is 2. The highest BCUT2D eigenvalue weighted by Gasteiger charge is 2.41. The molecule has 268 valence electrons. The Labute approximate surface area is 298 Å². The van der Waals surface area contributed by atoms with Crippen molar-refractivity contribution in [3.05, 3.63) is 57.6 Å². The molecule has 0 radical (unpaired) electrons. The summed E-state index contributed by atoms with van der Waals surface area (Å²) in [5.74, 6) is 4.23. The number of carbonyl (C=O) groups is 1. The molecular weight excluding hydrogens is 601 g/mol. The van der Waals surface area contributed by atoms with Crippen LogP contribution < -0.4 is 0 Å². The second-order valence-electron chi connectivity index (χ2n) is 17.8. The maximum absolute atomic E-state index is 14.7. The summed E-state index contributed by atoms with van der Waals surface area (Å²) in [4.78, 5) is 14.7. The first-order valence-electron chi connectivity index (χ1n) is 21.1. The van der Waals surface area contributed by atoms with Crippen molar-refractivity contribution in [1.29, 1.82) is 0 Å². The fraction of sp³-hybridized carbons (Fsp3) is 0.717. The molecule has 5 saturated carbocycles. The minimum atomic E-state index is 0.0249. The Balaban J connectivity index is 1.17. The predicted molar refractivity (Wildman–Crippen MR) is 202 cm³/mol. The smallest absolute Gasteiger partial charge is 0.140 e. The maximum Gasteiger partial charge on any atom is 0.140 e. The number of hydrogen-bond acceptors (Lipinski definition) is 3. The molecule has 0 bridgehead atoms. The van der Waals surface area contributed by atoms with Crippen LogP contribution in [0.2, 0.25) is 0 Å². The molecule has 0 aliphatic heterocycles. The molecule has 0 amide bonds. The van der Waals surface area contributed by atoms with Gasteiger partial charge in [-0.15, -0.1) is 0 Å². The van der Waals surface area contributed by atoms with Gasteiger partial charge in [0, 0.05) is 11.8 Å². The molecule has 0 saturated heterocycles. The first-order chi connectivity index (χ1) is 23.9. The summed E-state index contributed by atoms with van der Waals surface area (Å²) in [5, 5.41) is 23.5. The third kappa shape index (κ3) is 7.82. The Morgan fingerprint density at radius 3 is 1.00 bits per heavy atom. The normalized spacial score (nSPS) is 28.6. The molecule has 0 aromatic heterocycles. The van der Waals surface area contributed by atoms with E-state index in [9.17, 15) is 15.0 Å². The molecule has 5 aliphatic rings. The van der Waals surface area contributed by atoms with E-state index < -0.39 is 0 Å². The molecular formula is C46H66O3. The minimum absolute atomic E-state index is 0.0249. The van der Waals surface area contributed by atoms with Gasteiger partial charge in [0.2, 0.25) is 0 Å². The molecule has 7 rings (SSSR count). The van der Waals surface area contributed by atoms with E-state index in [0.29, 0.717) is 52.8 Å². The molecule has 4 unspecified atom stereocenters. The molecule has 2 aromatic carbocycles. The summed E-state index contributed by atoms with van der Waals surface area (Å²) in [6, 6.07) is 9.32. The summed E-state index contributed by atoms with van der Waals surface area (Å²) in [7, 11) is 0. The van der Waals surface area contributed by atoms with E-state index in [1.165, 1.54) is 162 Å². The van der Waals surface area contributed by atoms with Gasteiger partial charge in [-0.1, -0.05) is 115 Å². The number of phenolic OH excluding ortho intramolecular Hbond substituents is 2. The largest absolute Gasteiger partial charge is 0.507 e. The molecule has 49 heavy (non-hydrogen) atoms. The Bertz CT molecular complexity index is 1230. The second kappa shape index (κ2) is 15.9. The number of Topliss-reactive ketones (excluding diaryl/α,β-unsaturated/α-hetero) is 1. The molecule has 5 aliphatic carbocycles. The lowest BCUT2D eigenvalue weighted by molar-refractivity contribution is -0.133. The molecule has 4 atom stereocenters. The Morgan fingerprint density at radius 2 is 0.735 bits per heavy atom. The minimum Gasteiger partial charge on any atom is -0.507 e. The van der Waals surface area contributed by atoms with Gasteiger partial charge in [-0.2, -0.15) is 0 Å². The van der Waals surface area contributed by atoms with Crippen LogP contribution in [0.15, 0.2) is 24.3 Å². The van der Waals surface area contributed by atoms with E-state index in [1.807, 2.05) is 0 Å². The average molecular weight is 667 g/mol. The maximum atomic E-state index is 14.7. The molecule has 3 nitrogen and oxygen atoms in total. The van der Waals surface area contributed by atoms with Crippen molar-refractivity contribution in [2.45, 2.75) is 185 Å². The number of rotatable bonds is 8. The summed E-state index contributed by atoms with van der Waals surface area (Å²) in [6.07, 6.45) is 27.4. The number of benzene rings is 2. The zero-order chi connectivity index (χ0) is 33.9. The van der Waals surface area contributed by atoms with E-state index in [0.717, 1.165) is 19.3 Å². The molecule has 0 heterocycles. The highest BCUT2D eigenvalue weighted by Crippen LogP contribution is 2.48. The van der Waals surface area contributed by atoms with Crippen molar-refractivity contribution in [2.24, 2.45) is 23.7 Å². The van der Waals surface area contributed by atoms with Crippen molar-refractivity contribution < 1.29 is 15.0 Å². The Kier molecular flexibility index (Phi) is 11.4. The first-order valence-corrected chi connectivity index (χ1v) is 21.1. The zero-order valence-corrected chi connectivity index (χ0v) is 31.0. The summed E-state index contributed by atoms with van der Waals surface area (Å²) < 4.78 is 0. The van der Waals surface area contributed by atoms with E-state index in [-0.39, 0.29) is 11.8 Å². The van der Waals surface area contributed by atoms with Crippen LogP contribution in [-0.2, 0) is 17.6 Å². The van der Waals surface area contributed by atoms with Gasteiger partial charge >= 0.3 is 0 Å². The summed E-state index contributed by atoms with van der Waals surface area (Å²) in [5.41, 5.74) is 7.34. The molecule has 0 spiro atoms. The van der Waals surface area contributed by atoms with Gasteiger partial charge in [0.1, 0.15) is 17.3 Å². The van der Waals surface area contributed by atoms with Gasteiger partial charge in [0.05, 0.1) is 0 Å². The molecule has 2 aromatic rings. The predicted octanol–water partition coefficient (Wildman–Crippen LogP) is 12.6. The fourth-order valence-corrected chi connectivity index (χ4v) is 11.5. The quantitative estimate of drug-likeness (QED) is 0.295. The van der Waals surface area contributed by atoms with E-state index in [2.05, 4.69) is 38.1 Å². The van der Waals surface area contributed by atoms with Crippen molar-refractivity contribution in [3.63, 3.8) is 0 Å². The van der Waals surface area contributed by atoms with Gasteiger partial charge in [-0.25, -0.2) is 0 Å². The van der Waals surface area contributed by atoms with Crippen LogP contribution in [0.3, 0.4) is 0 Å². The second-order valence-corrected chi connectivity index (χ2v) is 17.8. The molecule has 3 heteroatoms. The fourth-order valence-electron chi connectivity index (χ4n) is 11.5. The third-order valence-electron chi connectivity index (χ3n) is 14.4. The number of ketones is 1. The lowest BCUT2D eigenvalue weighted by atomic mass is 9.65. The van der Waals surface area contributed by atoms with Crippen LogP contribution in [0, 0.1) is 23.7 Å². The van der Waals surface area contributed by atoms with E-state index in [4.69, 9.17) is 0 Å². The van der Waals surface area contributed by atoms with Crippen molar-refractivity contribution in [2.75, 3.05) is 0 Å². The number of hydrogen-bond donors (Lipinski definition) is 2. The highest BCUT2D eigenvalue weighted by atomic mass is 16.3. The average Bonchev–Trinajstić information content (AvgIpc) is 3.14. The molecule has 5 fully saturated rings. The van der Waals surface area contributed by atoms with Gasteiger partial charge < -0.3 is 10.2 Å². The van der Waals surface area contributed by atoms with Crippen LogP contribution in [-0.4, -0.2) is 16.0 Å². The topological polar surface area (TPSA) is 57.5 Å². The van der Waals surface area contributed by atoms with Gasteiger partial charge in [-0.05, 0) is 140 Å². The van der Waals surface area contributed by atoms with Crippen molar-refractivity contribution >= 4 is 5.78 Å². The monoisotopic (exact) mass is 667 g/mol. The molecule has 2 N–H and O–H groups in total. The van der Waals surface area contributed by atoms with Crippen molar-refractivity contribution in [1.82, 2.24) is 0 Å². The third-order valence-corrected chi connectivity index (χ3v) is 14.4. The lowest BCUT2D eigenvalue weighted by Gasteiger charge is -2.38. The lowest BCUT2D eigenvalue weighted by Crippen LogP contribution is -2.41. The van der Waals surface area contributed by atoms with Gasteiger partial charge in [0.15, 0.2) is 0 Å². The standard InChI is InChI=1S/C46H66O3/c1-30-23-31(2)39(25-33-28-42(36-19-11-5-12-20-36)46(49)43(29-33)37-21-13-6-14-22-37)44(47)38(30)24-32-26-40(34-15-7-3-8-16-34)45(48)41(27-32)35-17-9-4-10-18-35/h26-31,34-39,48-49H,3-25H2,1-2H3. The summed E-state index contributed by atoms with van der Waals surface area (Å²) in [6.45, 7) is 4.64. The van der Waals surface area contributed by atoms with E-state index >= 15 is 0 Å². The SMILES string of the molecule is CC1CC(C)C(Cc2cc(C3CCCCC3)c(O)c(C3CCCCC3)c2)C(=O)C1Cc1cc(C2CCCCC2)c(O)c(C2CCCCC2)c1. The van der Waals surface area contributed by atoms with Crippen LogP contribution >= 0.6 is 0 Å². The zero-order valence-electron chi connectivity index (χ0n) is 31.0. The van der Waals surface area contributed by atoms with Crippen LogP contribution in [0.5, 0.6) is 11.5 Å². The van der Waals surface area contributed by atoms with Crippen molar-refractivity contribution in [3.8, 4) is 11.5 Å². The Hall–Kier alpha value is -2.29. The van der Waals surface area contributed by atoms with E-state index in [1.54, 1.807) is 0 Å². The van der Waals surface area contributed by atoms with Crippen LogP contribution in [0.1, 0.15) is 206 Å². The highest BCUT2D eigenvalue weighted by molar-refractivity contribution is 5.85. The van der Waals surface area contributed by atoms with Gasteiger partial charge in [-0.3, -0.25) is 4.79 Å². The Morgan fingerprint density at radius 1 is 0.469 bits per heavy atom. The number of aromatic hydroxyl groups is 2. The summed E-state index contributed by atoms with van der Waals surface area (Å²) >= 11 is 0. The number of carbonyl (C=O) groups excluding carboxylic acids is 1.